The van der Waals surface area contributed by atoms with Gasteiger partial charge < -0.3 is 15.7 Å². The van der Waals surface area contributed by atoms with E-state index in [4.69, 9.17) is 11.6 Å². The van der Waals surface area contributed by atoms with Crippen LogP contribution in [0.1, 0.15) is 25.7 Å². The van der Waals surface area contributed by atoms with Crippen LogP contribution in [-0.4, -0.2) is 42.1 Å². The van der Waals surface area contributed by atoms with Crippen LogP contribution in [0.5, 0.6) is 0 Å². The normalized spacial score (nSPS) is 33.7. The summed E-state index contributed by atoms with van der Waals surface area (Å²) in [5.74, 6) is 5.41. The van der Waals surface area contributed by atoms with Gasteiger partial charge in [-0.1, -0.05) is 0 Å². The predicted octanol–water partition coefficient (Wildman–Crippen LogP) is -1.88. The third-order valence-electron chi connectivity index (χ3n) is 3.68. The molecule has 6 nitrogen and oxygen atoms in total. The summed E-state index contributed by atoms with van der Waals surface area (Å²) in [7, 11) is 0. The Labute approximate surface area is 95.7 Å². The van der Waals surface area contributed by atoms with Gasteiger partial charge in [0.2, 0.25) is 0 Å². The highest BCUT2D eigenvalue weighted by molar-refractivity contribution is 5.66. The standard InChI is InChI=1S/C10H21N5O/c11-10(16)13-8-5-9(6-8)15-3-1-7(14-12)2-4-15/h7-9,14H,1-6,12H2,(H3,11,13,16)/p-1. The van der Waals surface area contributed by atoms with Crippen LogP contribution >= 0.6 is 0 Å². The van der Waals surface area contributed by atoms with Gasteiger partial charge in [0.05, 0.1) is 6.04 Å². The van der Waals surface area contributed by atoms with Crippen molar-refractivity contribution in [2.45, 2.75) is 43.8 Å². The number of hydrogen-bond donors (Lipinski definition) is 3. The third kappa shape index (κ3) is 2.63. The average molecular weight is 226 g/mol. The second-order valence-electron chi connectivity index (χ2n) is 4.72. The van der Waals surface area contributed by atoms with Crippen molar-refractivity contribution in [2.24, 2.45) is 16.6 Å². The maximum atomic E-state index is 10.6. The van der Waals surface area contributed by atoms with Crippen LogP contribution < -0.4 is 22.1 Å². The molecule has 2 aliphatic rings. The molecule has 1 heterocycles. The Morgan fingerprint density at radius 2 is 1.94 bits per heavy atom. The zero-order valence-electron chi connectivity index (χ0n) is 9.43. The van der Waals surface area contributed by atoms with Gasteiger partial charge in [-0.2, -0.15) is 0 Å². The number of aliphatic imine (C=N–C) groups is 1. The SMILES string of the molecule is NNC1CCN(C2CC(N=C(N)[O-])C2)CC1. The topological polar surface area (TPSA) is 103 Å². The highest BCUT2D eigenvalue weighted by atomic mass is 16.3. The smallest absolute Gasteiger partial charge is 0.0539 e. The molecule has 1 saturated carbocycles. The highest BCUT2D eigenvalue weighted by Crippen LogP contribution is 2.30. The van der Waals surface area contributed by atoms with Gasteiger partial charge >= 0.3 is 0 Å². The monoisotopic (exact) mass is 226 g/mol. The Kier molecular flexibility index (Phi) is 3.63. The van der Waals surface area contributed by atoms with Crippen LogP contribution in [0.15, 0.2) is 4.99 Å². The lowest BCUT2D eigenvalue weighted by molar-refractivity contribution is -0.218. The summed E-state index contributed by atoms with van der Waals surface area (Å²) in [6, 6.07) is 0.677. The Bertz CT molecular complexity index is 252. The summed E-state index contributed by atoms with van der Waals surface area (Å²) >= 11 is 0. The summed E-state index contributed by atoms with van der Waals surface area (Å²) in [6.45, 7) is 2.17. The third-order valence-corrected chi connectivity index (χ3v) is 3.68. The number of hydrogen-bond acceptors (Lipinski definition) is 5. The van der Waals surface area contributed by atoms with Gasteiger partial charge in [0.25, 0.3) is 0 Å². The van der Waals surface area contributed by atoms with E-state index in [1.54, 1.807) is 0 Å². The average Bonchev–Trinajstić information content (AvgIpc) is 2.23. The van der Waals surface area contributed by atoms with Crippen LogP contribution in [-0.2, 0) is 0 Å². The van der Waals surface area contributed by atoms with Gasteiger partial charge in [-0.05, 0) is 38.8 Å². The van der Waals surface area contributed by atoms with E-state index in [2.05, 4.69) is 15.3 Å². The molecule has 0 aromatic heterocycles. The summed E-state index contributed by atoms with van der Waals surface area (Å²) in [4.78, 5) is 6.31. The summed E-state index contributed by atoms with van der Waals surface area (Å²) < 4.78 is 0. The van der Waals surface area contributed by atoms with Crippen molar-refractivity contribution in [1.29, 1.82) is 0 Å². The molecular weight excluding hydrogens is 206 g/mol. The fraction of sp³-hybridized carbons (Fsp3) is 0.900. The molecule has 16 heavy (non-hydrogen) atoms. The number of nitrogens with one attached hydrogen (secondary N) is 1. The Morgan fingerprint density at radius 3 is 2.44 bits per heavy atom. The molecule has 92 valence electrons. The first-order valence-electron chi connectivity index (χ1n) is 5.89. The number of hydrazine groups is 1. The lowest BCUT2D eigenvalue weighted by Crippen LogP contribution is -2.53. The minimum atomic E-state index is -0.533. The maximum Gasteiger partial charge on any atom is 0.0539 e. The summed E-state index contributed by atoms with van der Waals surface area (Å²) in [6.07, 6.45) is 4.16. The van der Waals surface area contributed by atoms with E-state index >= 15 is 0 Å². The molecule has 1 saturated heterocycles. The van der Waals surface area contributed by atoms with Gasteiger partial charge in [0.15, 0.2) is 0 Å². The van der Waals surface area contributed by atoms with Crippen molar-refractivity contribution in [3.8, 4) is 0 Å². The van der Waals surface area contributed by atoms with Crippen LogP contribution in [0.25, 0.3) is 0 Å². The van der Waals surface area contributed by atoms with Gasteiger partial charge in [0, 0.05) is 18.1 Å². The number of nitrogens with zero attached hydrogens (tertiary/aromatic N) is 2. The molecule has 2 rings (SSSR count). The molecule has 0 radical (unpaired) electrons. The van der Waals surface area contributed by atoms with E-state index in [9.17, 15) is 5.11 Å². The molecule has 6 heteroatoms. The molecule has 0 unspecified atom stereocenters. The first kappa shape index (κ1) is 11.6. The van der Waals surface area contributed by atoms with Crippen molar-refractivity contribution < 1.29 is 5.11 Å². The molecule has 1 aliphatic carbocycles. The zero-order valence-corrected chi connectivity index (χ0v) is 9.43. The molecule has 0 bridgehead atoms. The van der Waals surface area contributed by atoms with Crippen LogP contribution in [0.3, 0.4) is 0 Å². The fourth-order valence-electron chi connectivity index (χ4n) is 2.57. The van der Waals surface area contributed by atoms with Gasteiger partial charge in [0.1, 0.15) is 0 Å². The van der Waals surface area contributed by atoms with Gasteiger partial charge in [-0.25, -0.2) is 0 Å². The van der Waals surface area contributed by atoms with Crippen molar-refractivity contribution in [3.05, 3.63) is 0 Å². The van der Waals surface area contributed by atoms with Crippen LogP contribution in [0.2, 0.25) is 0 Å². The van der Waals surface area contributed by atoms with E-state index in [0.29, 0.717) is 12.1 Å². The maximum absolute atomic E-state index is 10.6. The molecule has 0 spiro atoms. The van der Waals surface area contributed by atoms with Crippen molar-refractivity contribution >= 4 is 6.02 Å². The number of piperidine rings is 1. The van der Waals surface area contributed by atoms with E-state index in [1.165, 1.54) is 0 Å². The van der Waals surface area contributed by atoms with E-state index in [-0.39, 0.29) is 6.04 Å². The quantitative estimate of drug-likeness (QED) is 0.226. The zero-order chi connectivity index (χ0) is 11.5. The number of amidine groups is 1. The lowest BCUT2D eigenvalue weighted by Gasteiger charge is -2.44. The Balaban J connectivity index is 1.71. The predicted molar refractivity (Wildman–Crippen MR) is 60.4 cm³/mol. The van der Waals surface area contributed by atoms with Crippen LogP contribution in [0, 0.1) is 0 Å². The van der Waals surface area contributed by atoms with E-state index in [0.717, 1.165) is 38.8 Å². The second kappa shape index (κ2) is 4.99. The summed E-state index contributed by atoms with van der Waals surface area (Å²) in [5, 5.41) is 10.6. The van der Waals surface area contributed by atoms with Crippen LogP contribution in [0.4, 0.5) is 0 Å². The van der Waals surface area contributed by atoms with Crippen molar-refractivity contribution in [1.82, 2.24) is 10.3 Å². The highest BCUT2D eigenvalue weighted by Gasteiger charge is 2.34. The lowest BCUT2D eigenvalue weighted by atomic mass is 9.84. The number of likely N-dealkylation sites (tertiary alicyclic amines) is 1. The Hall–Kier alpha value is -0.850. The molecule has 0 aromatic rings. The Morgan fingerprint density at radius 1 is 1.31 bits per heavy atom. The number of rotatable bonds is 3. The minimum absolute atomic E-state index is 0.160. The van der Waals surface area contributed by atoms with Crippen molar-refractivity contribution in [2.75, 3.05) is 13.1 Å². The number of nitrogens with two attached hydrogens (primary N) is 2. The molecule has 0 atom stereocenters. The van der Waals surface area contributed by atoms with Crippen molar-refractivity contribution in [3.63, 3.8) is 0 Å². The minimum Gasteiger partial charge on any atom is -0.847 e. The molecule has 0 aromatic carbocycles. The first-order valence-corrected chi connectivity index (χ1v) is 5.89. The first-order chi connectivity index (χ1) is 7.69. The second-order valence-corrected chi connectivity index (χ2v) is 4.72. The van der Waals surface area contributed by atoms with Gasteiger partial charge in [-0.3, -0.25) is 16.3 Å². The molecular formula is C10H20N5O-. The molecule has 5 N–H and O–H groups in total. The summed E-state index contributed by atoms with van der Waals surface area (Å²) in [5.41, 5.74) is 7.85. The molecule has 2 fully saturated rings. The van der Waals surface area contributed by atoms with E-state index < -0.39 is 6.02 Å². The van der Waals surface area contributed by atoms with E-state index in [1.807, 2.05) is 0 Å². The largest absolute Gasteiger partial charge is 0.847 e. The fourth-order valence-corrected chi connectivity index (χ4v) is 2.57. The molecule has 0 amide bonds. The van der Waals surface area contributed by atoms with Gasteiger partial charge in [-0.15, -0.1) is 0 Å². The molecule has 1 aliphatic heterocycles.